The van der Waals surface area contributed by atoms with Crippen molar-refractivity contribution in [3.05, 3.63) is 106 Å². The molecule has 1 saturated carbocycles. The normalized spacial score (nSPS) is 16.5. The molecule has 4 N–H and O–H groups in total. The van der Waals surface area contributed by atoms with Gasteiger partial charge in [-0.3, -0.25) is 14.3 Å². The number of nitriles is 2. The first-order valence-corrected chi connectivity index (χ1v) is 30.4. The molecule has 420 valence electrons. The number of rotatable bonds is 22. The van der Waals surface area contributed by atoms with Gasteiger partial charge in [0.05, 0.1) is 32.4 Å². The SMILES string of the molecule is C1CC1.CC.CN(C)CCC(CSc1ccc(F)cc1)Nc1c(Cl)cc(S(=O)(=O)NC(=O)C2CCCCO2)cc1C#N.CN(C)CCC(CSc1ccc(F)cc1)Nc1c(F)cc(SNC(=O)C2CCCCO2)cc1C#N. The van der Waals surface area contributed by atoms with E-state index in [1.54, 1.807) is 30.3 Å². The number of benzene rings is 4. The van der Waals surface area contributed by atoms with Gasteiger partial charge in [-0.25, -0.2) is 26.3 Å². The van der Waals surface area contributed by atoms with Gasteiger partial charge in [-0.1, -0.05) is 44.7 Å². The Morgan fingerprint density at radius 3 is 1.58 bits per heavy atom. The molecular weight excluding hydrogens is 1090 g/mol. The molecule has 77 heavy (non-hydrogen) atoms. The van der Waals surface area contributed by atoms with Gasteiger partial charge in [-0.2, -0.15) is 10.5 Å². The maximum absolute atomic E-state index is 15.1. The Hall–Kier alpha value is -4.68. The minimum absolute atomic E-state index is 0.0378. The minimum Gasteiger partial charge on any atom is -0.379 e. The molecule has 4 aromatic carbocycles. The number of anilines is 2. The molecule has 2 heterocycles. The van der Waals surface area contributed by atoms with Crippen LogP contribution in [0.5, 0.6) is 0 Å². The number of hydrogen-bond acceptors (Lipinski definition) is 15. The lowest BCUT2D eigenvalue weighted by atomic mass is 10.1. The second kappa shape index (κ2) is 34.4. The summed E-state index contributed by atoms with van der Waals surface area (Å²) >= 11 is 10.5. The number of carbonyl (C=O) groups is 2. The third kappa shape index (κ3) is 23.7. The topological polar surface area (TPSA) is 189 Å². The van der Waals surface area contributed by atoms with Crippen LogP contribution in [0.1, 0.15) is 95.6 Å². The number of halogens is 4. The van der Waals surface area contributed by atoms with Gasteiger partial charge in [0.25, 0.3) is 21.8 Å². The smallest absolute Gasteiger partial charge is 0.264 e. The standard InChI is InChI=1S/C25H30ClFN4O4S2.C25H30F2N4O2S2.C3H6.C2H6/c1-31(2)11-10-19(16-36-20-8-6-18(27)7-9-20)29-24-17(15-28)13-21(14-22(24)26)37(33,34)30-25(32)23-5-3-4-12-35-23;1-31(2)11-10-19(16-34-20-8-6-18(26)7-9-20)29-24-17(15-28)13-21(14-22(24)27)35-30-25(32)23-5-3-4-12-33-23;1-2-3-1;1-2/h6-9,13-14,19,23,29H,3-5,10-12,16H2,1-2H3,(H,30,32);6-9,13-14,19,23,29H,3-5,10-12,16H2,1-2H3,(H,30,32);1-3H2;1-2H3. The van der Waals surface area contributed by atoms with Gasteiger partial charge >= 0.3 is 0 Å². The number of ether oxygens (including phenoxy) is 2. The van der Waals surface area contributed by atoms with E-state index in [1.165, 1.54) is 85.3 Å². The summed E-state index contributed by atoms with van der Waals surface area (Å²) in [5.74, 6) is -0.949. The van der Waals surface area contributed by atoms with Crippen LogP contribution >= 0.6 is 47.1 Å². The molecule has 1 aliphatic carbocycles. The summed E-state index contributed by atoms with van der Waals surface area (Å²) < 4.78 is 82.9. The van der Waals surface area contributed by atoms with Gasteiger partial charge in [-0.05, 0) is 177 Å². The van der Waals surface area contributed by atoms with E-state index in [0.717, 1.165) is 66.9 Å². The summed E-state index contributed by atoms with van der Waals surface area (Å²) in [6, 6.07) is 21.5. The first-order chi connectivity index (χ1) is 36.9. The Balaban J connectivity index is 0.000000306. The molecule has 7 rings (SSSR count). The Morgan fingerprint density at radius 2 is 1.14 bits per heavy atom. The van der Waals surface area contributed by atoms with E-state index in [2.05, 4.69) is 21.4 Å². The average Bonchev–Trinajstić information content (AvgIpc) is 4.33. The van der Waals surface area contributed by atoms with Crippen molar-refractivity contribution in [3.8, 4) is 12.1 Å². The zero-order chi connectivity index (χ0) is 56.3. The molecule has 22 heteroatoms. The second-order valence-electron chi connectivity index (χ2n) is 18.6. The number of nitrogens with one attached hydrogen (secondary N) is 4. The summed E-state index contributed by atoms with van der Waals surface area (Å²) in [5.41, 5.74) is 0.656. The van der Waals surface area contributed by atoms with Crippen LogP contribution in [0.25, 0.3) is 0 Å². The van der Waals surface area contributed by atoms with Crippen LogP contribution in [-0.2, 0) is 29.1 Å². The van der Waals surface area contributed by atoms with Gasteiger partial charge in [0.1, 0.15) is 41.8 Å². The molecule has 0 spiro atoms. The van der Waals surface area contributed by atoms with E-state index in [9.17, 15) is 37.3 Å². The molecule has 4 aromatic rings. The lowest BCUT2D eigenvalue weighted by Crippen LogP contribution is -2.41. The van der Waals surface area contributed by atoms with Crippen LogP contribution in [0.15, 0.2) is 92.4 Å². The van der Waals surface area contributed by atoms with Gasteiger partial charge in [-0.15, -0.1) is 23.5 Å². The number of carbonyl (C=O) groups excluding carboxylic acids is 2. The summed E-state index contributed by atoms with van der Waals surface area (Å²) in [4.78, 5) is 30.7. The molecular formula is C55H72ClF3N8O6S4. The highest BCUT2D eigenvalue weighted by atomic mass is 35.5. The van der Waals surface area contributed by atoms with E-state index in [1.807, 2.05) is 62.6 Å². The quantitative estimate of drug-likeness (QED) is 0.0429. The van der Waals surface area contributed by atoms with Gasteiger partial charge < -0.3 is 29.9 Å². The molecule has 14 nitrogen and oxygen atoms in total. The van der Waals surface area contributed by atoms with Crippen molar-refractivity contribution in [3.63, 3.8) is 0 Å². The first-order valence-electron chi connectivity index (χ1n) is 25.8. The van der Waals surface area contributed by atoms with Crippen molar-refractivity contribution in [2.24, 2.45) is 0 Å². The third-order valence-corrected chi connectivity index (χ3v) is 16.3. The van der Waals surface area contributed by atoms with Gasteiger partial charge in [0, 0.05) is 51.5 Å². The fourth-order valence-electron chi connectivity index (χ4n) is 7.26. The average molecular weight is 1160 g/mol. The summed E-state index contributed by atoms with van der Waals surface area (Å²) in [6.45, 7) is 6.49. The maximum Gasteiger partial charge on any atom is 0.264 e. The third-order valence-electron chi connectivity index (χ3n) is 11.6. The van der Waals surface area contributed by atoms with Crippen LogP contribution in [0.2, 0.25) is 5.02 Å². The number of nitrogens with zero attached hydrogens (tertiary/aromatic N) is 4. The van der Waals surface area contributed by atoms with E-state index >= 15 is 4.39 Å². The maximum atomic E-state index is 15.1. The van der Waals surface area contributed by atoms with Gasteiger partial charge in [0.15, 0.2) is 0 Å². The summed E-state index contributed by atoms with van der Waals surface area (Å²) in [6.07, 6.45) is 9.20. The van der Waals surface area contributed by atoms with Gasteiger partial charge in [0.2, 0.25) is 0 Å². The molecule has 4 unspecified atom stereocenters. The fourth-order valence-corrected chi connectivity index (χ4v) is 11.3. The van der Waals surface area contributed by atoms with E-state index in [-0.39, 0.29) is 56.4 Å². The predicted octanol–water partition coefficient (Wildman–Crippen LogP) is 11.5. The van der Waals surface area contributed by atoms with Crippen molar-refractivity contribution in [1.82, 2.24) is 19.2 Å². The van der Waals surface area contributed by atoms with Crippen LogP contribution in [0, 0.1) is 40.1 Å². The number of hydrogen-bond donors (Lipinski definition) is 4. The molecule has 2 amide bonds. The molecule has 3 aliphatic rings. The molecule has 4 atom stereocenters. The second-order valence-corrected chi connectivity index (χ2v) is 23.7. The number of thioether (sulfide) groups is 2. The van der Waals surface area contributed by atoms with Crippen molar-refractivity contribution in [2.45, 2.75) is 128 Å². The lowest BCUT2D eigenvalue weighted by Gasteiger charge is -2.24. The summed E-state index contributed by atoms with van der Waals surface area (Å²) in [7, 11) is 3.56. The van der Waals surface area contributed by atoms with Crippen LogP contribution in [0.4, 0.5) is 24.5 Å². The lowest BCUT2D eigenvalue weighted by molar-refractivity contribution is -0.134. The largest absolute Gasteiger partial charge is 0.379 e. The highest BCUT2D eigenvalue weighted by molar-refractivity contribution is 7.99. The Morgan fingerprint density at radius 1 is 0.675 bits per heavy atom. The zero-order valence-corrected chi connectivity index (χ0v) is 48.7. The molecule has 0 radical (unpaired) electrons. The number of sulfonamides is 1. The van der Waals surface area contributed by atoms with E-state index < -0.39 is 34.0 Å². The van der Waals surface area contributed by atoms with Crippen molar-refractivity contribution < 1.29 is 40.7 Å². The zero-order valence-electron chi connectivity index (χ0n) is 44.6. The monoisotopic (exact) mass is 1160 g/mol. The van der Waals surface area contributed by atoms with Crippen LogP contribution in [-0.4, -0.2) is 120 Å². The van der Waals surface area contributed by atoms with Crippen molar-refractivity contribution in [2.75, 3.05) is 76.6 Å². The highest BCUT2D eigenvalue weighted by Gasteiger charge is 2.29. The first kappa shape index (κ1) is 64.8. The van der Waals surface area contributed by atoms with Crippen molar-refractivity contribution in [1.29, 1.82) is 10.5 Å². The predicted molar refractivity (Wildman–Crippen MR) is 304 cm³/mol. The van der Waals surface area contributed by atoms with Crippen LogP contribution < -0.4 is 20.1 Å². The molecule has 0 aromatic heterocycles. The Kier molecular flexibility index (Phi) is 28.9. The molecule has 0 bridgehead atoms. The van der Waals surface area contributed by atoms with Crippen molar-refractivity contribution >= 4 is 80.3 Å². The van der Waals surface area contributed by atoms with Crippen LogP contribution in [0.3, 0.4) is 0 Å². The van der Waals surface area contributed by atoms with E-state index in [0.29, 0.717) is 54.6 Å². The Bertz CT molecular complexity index is 2670. The van der Waals surface area contributed by atoms with E-state index in [4.69, 9.17) is 21.1 Å². The number of amides is 2. The highest BCUT2D eigenvalue weighted by Crippen LogP contribution is 2.33. The molecule has 2 saturated heterocycles. The molecule has 3 fully saturated rings. The fraction of sp³-hybridized carbons (Fsp3) is 0.491. The molecule has 2 aliphatic heterocycles. The summed E-state index contributed by atoms with van der Waals surface area (Å²) in [5, 5.41) is 26.0. The Labute approximate surface area is 471 Å². The minimum atomic E-state index is -4.26.